The van der Waals surface area contributed by atoms with Crippen LogP contribution in [0.1, 0.15) is 9.67 Å². The Balaban J connectivity index is 1.18. The van der Waals surface area contributed by atoms with E-state index < -0.39 is 18.5 Å². The SMILES string of the molecule is O=C(COC(=O)c1ccc(-c2ccc3c(c2)OCCO3)s1)Nc1ccc2c(c1)OCCO2. The molecule has 32 heavy (non-hydrogen) atoms. The molecule has 3 heterocycles. The normalized spacial score (nSPS) is 13.9. The van der Waals surface area contributed by atoms with Gasteiger partial charge in [-0.2, -0.15) is 0 Å². The second-order valence-electron chi connectivity index (χ2n) is 7.01. The largest absolute Gasteiger partial charge is 0.486 e. The van der Waals surface area contributed by atoms with E-state index in [9.17, 15) is 9.59 Å². The Morgan fingerprint density at radius 3 is 2.22 bits per heavy atom. The Kier molecular flexibility index (Phi) is 5.55. The van der Waals surface area contributed by atoms with Crippen LogP contribution in [0.15, 0.2) is 48.5 Å². The van der Waals surface area contributed by atoms with E-state index in [1.807, 2.05) is 24.3 Å². The van der Waals surface area contributed by atoms with E-state index in [1.54, 1.807) is 24.3 Å². The minimum atomic E-state index is -0.559. The summed E-state index contributed by atoms with van der Waals surface area (Å²) >= 11 is 1.28. The summed E-state index contributed by atoms with van der Waals surface area (Å²) in [4.78, 5) is 25.9. The lowest BCUT2D eigenvalue weighted by atomic mass is 10.1. The molecule has 0 aliphatic carbocycles. The average Bonchev–Trinajstić information content (AvgIpc) is 3.33. The van der Waals surface area contributed by atoms with E-state index in [0.717, 1.165) is 10.4 Å². The van der Waals surface area contributed by atoms with Gasteiger partial charge in [-0.3, -0.25) is 4.79 Å². The van der Waals surface area contributed by atoms with Crippen LogP contribution in [-0.2, 0) is 9.53 Å². The molecule has 2 aliphatic rings. The molecule has 0 unspecified atom stereocenters. The van der Waals surface area contributed by atoms with Gasteiger partial charge in [0.25, 0.3) is 5.91 Å². The molecule has 164 valence electrons. The van der Waals surface area contributed by atoms with E-state index >= 15 is 0 Å². The fourth-order valence-corrected chi connectivity index (χ4v) is 4.22. The van der Waals surface area contributed by atoms with E-state index in [0.29, 0.717) is 60.0 Å². The summed E-state index contributed by atoms with van der Waals surface area (Å²) in [5.74, 6) is 1.58. The second kappa shape index (κ2) is 8.80. The predicted octanol–water partition coefficient (Wildman–Crippen LogP) is 3.75. The highest BCUT2D eigenvalue weighted by Crippen LogP contribution is 2.37. The molecule has 1 N–H and O–H groups in total. The van der Waals surface area contributed by atoms with Gasteiger partial charge < -0.3 is 29.0 Å². The first-order chi connectivity index (χ1) is 15.7. The summed E-state index contributed by atoms with van der Waals surface area (Å²) in [5, 5.41) is 2.68. The average molecular weight is 453 g/mol. The zero-order valence-electron chi connectivity index (χ0n) is 16.9. The van der Waals surface area contributed by atoms with Gasteiger partial charge in [0.2, 0.25) is 0 Å². The van der Waals surface area contributed by atoms with Gasteiger partial charge in [0.15, 0.2) is 29.6 Å². The molecule has 1 aromatic heterocycles. The highest BCUT2D eigenvalue weighted by Gasteiger charge is 2.17. The van der Waals surface area contributed by atoms with Crippen LogP contribution in [0.4, 0.5) is 5.69 Å². The predicted molar refractivity (Wildman–Crippen MR) is 117 cm³/mol. The van der Waals surface area contributed by atoms with Crippen molar-refractivity contribution in [3.63, 3.8) is 0 Å². The fraction of sp³-hybridized carbons (Fsp3) is 0.217. The van der Waals surface area contributed by atoms with Crippen LogP contribution in [0, 0.1) is 0 Å². The Labute approximate surface area is 187 Å². The minimum absolute atomic E-state index is 0.398. The first kappa shape index (κ1) is 20.2. The third-order valence-corrected chi connectivity index (χ3v) is 5.91. The van der Waals surface area contributed by atoms with Crippen LogP contribution < -0.4 is 24.3 Å². The maximum Gasteiger partial charge on any atom is 0.348 e. The van der Waals surface area contributed by atoms with Gasteiger partial charge in [-0.15, -0.1) is 11.3 Å². The molecular weight excluding hydrogens is 434 g/mol. The number of carbonyl (C=O) groups is 2. The number of fused-ring (bicyclic) bond motifs is 2. The maximum atomic E-state index is 12.4. The summed E-state index contributed by atoms with van der Waals surface area (Å²) in [6.07, 6.45) is 0. The lowest BCUT2D eigenvalue weighted by molar-refractivity contribution is -0.119. The first-order valence-electron chi connectivity index (χ1n) is 10.0. The number of thiophene rings is 1. The van der Waals surface area contributed by atoms with Crippen molar-refractivity contribution >= 4 is 28.9 Å². The molecule has 2 aromatic carbocycles. The van der Waals surface area contributed by atoms with Crippen molar-refractivity contribution < 1.29 is 33.3 Å². The molecule has 5 rings (SSSR count). The molecule has 0 bridgehead atoms. The number of hydrogen-bond donors (Lipinski definition) is 1. The highest BCUT2D eigenvalue weighted by atomic mass is 32.1. The Morgan fingerprint density at radius 2 is 1.47 bits per heavy atom. The van der Waals surface area contributed by atoms with Crippen molar-refractivity contribution in [2.24, 2.45) is 0 Å². The van der Waals surface area contributed by atoms with E-state index in [1.165, 1.54) is 11.3 Å². The number of carbonyl (C=O) groups excluding carboxylic acids is 2. The van der Waals surface area contributed by atoms with Crippen LogP contribution in [0.2, 0.25) is 0 Å². The van der Waals surface area contributed by atoms with Crippen molar-refractivity contribution in [2.75, 3.05) is 38.4 Å². The Hall–Kier alpha value is -3.72. The summed E-state index contributed by atoms with van der Waals surface area (Å²) in [6.45, 7) is 1.59. The number of nitrogens with one attached hydrogen (secondary N) is 1. The number of hydrogen-bond acceptors (Lipinski definition) is 8. The minimum Gasteiger partial charge on any atom is -0.486 e. The van der Waals surface area contributed by atoms with E-state index in [-0.39, 0.29) is 0 Å². The molecule has 3 aromatic rings. The van der Waals surface area contributed by atoms with Gasteiger partial charge in [-0.05, 0) is 48.0 Å². The molecule has 9 heteroatoms. The van der Waals surface area contributed by atoms with Crippen LogP contribution in [0.5, 0.6) is 23.0 Å². The van der Waals surface area contributed by atoms with Gasteiger partial charge in [0, 0.05) is 16.6 Å². The molecule has 0 saturated heterocycles. The Bertz CT molecular complexity index is 1170. The molecule has 8 nitrogen and oxygen atoms in total. The zero-order chi connectivity index (χ0) is 21.9. The molecule has 0 spiro atoms. The van der Waals surface area contributed by atoms with Gasteiger partial charge in [0.1, 0.15) is 31.3 Å². The number of rotatable bonds is 5. The van der Waals surface area contributed by atoms with Gasteiger partial charge in [-0.1, -0.05) is 0 Å². The molecular formula is C23H19NO7S. The topological polar surface area (TPSA) is 92.3 Å². The van der Waals surface area contributed by atoms with Gasteiger partial charge in [0.05, 0.1) is 0 Å². The Morgan fingerprint density at radius 1 is 0.812 bits per heavy atom. The van der Waals surface area contributed by atoms with Crippen LogP contribution in [0.3, 0.4) is 0 Å². The van der Waals surface area contributed by atoms with E-state index in [2.05, 4.69) is 5.32 Å². The second-order valence-corrected chi connectivity index (χ2v) is 8.09. The number of ether oxygens (including phenoxy) is 5. The number of benzene rings is 2. The van der Waals surface area contributed by atoms with Crippen molar-refractivity contribution in [3.05, 3.63) is 53.4 Å². The lowest BCUT2D eigenvalue weighted by Crippen LogP contribution is -2.21. The van der Waals surface area contributed by atoms with Crippen LogP contribution >= 0.6 is 11.3 Å². The number of anilines is 1. The van der Waals surface area contributed by atoms with Crippen molar-refractivity contribution in [2.45, 2.75) is 0 Å². The van der Waals surface area contributed by atoms with Gasteiger partial charge in [-0.25, -0.2) is 4.79 Å². The summed E-state index contributed by atoms with van der Waals surface area (Å²) in [5.41, 5.74) is 1.45. The quantitative estimate of drug-likeness (QED) is 0.588. The van der Waals surface area contributed by atoms with Crippen molar-refractivity contribution in [3.8, 4) is 33.4 Å². The van der Waals surface area contributed by atoms with Crippen molar-refractivity contribution in [1.29, 1.82) is 0 Å². The summed E-state index contributed by atoms with van der Waals surface area (Å²) in [6, 6.07) is 14.3. The van der Waals surface area contributed by atoms with Crippen LogP contribution in [0.25, 0.3) is 10.4 Å². The van der Waals surface area contributed by atoms with Gasteiger partial charge >= 0.3 is 5.97 Å². The number of esters is 1. The van der Waals surface area contributed by atoms with Crippen molar-refractivity contribution in [1.82, 2.24) is 0 Å². The zero-order valence-corrected chi connectivity index (χ0v) is 17.7. The summed E-state index contributed by atoms with van der Waals surface area (Å²) in [7, 11) is 0. The molecule has 2 aliphatic heterocycles. The molecule has 1 amide bonds. The monoisotopic (exact) mass is 453 g/mol. The first-order valence-corrected chi connectivity index (χ1v) is 10.8. The molecule has 0 atom stereocenters. The summed E-state index contributed by atoms with van der Waals surface area (Å²) < 4.78 is 27.3. The van der Waals surface area contributed by atoms with E-state index in [4.69, 9.17) is 23.7 Å². The fourth-order valence-electron chi connectivity index (χ4n) is 3.32. The number of amides is 1. The maximum absolute atomic E-state index is 12.4. The third-order valence-electron chi connectivity index (χ3n) is 4.79. The molecule has 0 saturated carbocycles. The smallest absolute Gasteiger partial charge is 0.348 e. The lowest BCUT2D eigenvalue weighted by Gasteiger charge is -2.19. The molecule has 0 radical (unpaired) electrons. The highest BCUT2D eigenvalue weighted by molar-refractivity contribution is 7.17. The van der Waals surface area contributed by atoms with Crippen LogP contribution in [-0.4, -0.2) is 44.9 Å². The standard InChI is InChI=1S/C23H19NO7S/c25-22(24-15-2-4-17-19(12-15)30-10-8-28-17)13-31-23(26)21-6-5-20(32-21)14-1-3-16-18(11-14)29-9-7-27-16/h1-6,11-12H,7-10,13H2,(H,24,25). The third kappa shape index (κ3) is 4.33. The molecule has 0 fully saturated rings.